The Hall–Kier alpha value is -3.48. The highest BCUT2D eigenvalue weighted by atomic mass is 16.7. The molecule has 0 heterocycles. The molecule has 0 unspecified atom stereocenters. The van der Waals surface area contributed by atoms with Gasteiger partial charge in [-0.3, -0.25) is 0 Å². The highest BCUT2D eigenvalue weighted by Crippen LogP contribution is 2.13. The van der Waals surface area contributed by atoms with Gasteiger partial charge in [-0.2, -0.15) is 0 Å². The monoisotopic (exact) mass is 406 g/mol. The van der Waals surface area contributed by atoms with E-state index in [0.29, 0.717) is 0 Å². The van der Waals surface area contributed by atoms with Crippen molar-refractivity contribution in [3.05, 3.63) is 107 Å². The number of ether oxygens (including phenoxy) is 3. The molecular formula is C24H22O6. The van der Waals surface area contributed by atoms with Crippen molar-refractivity contribution >= 4 is 11.9 Å². The van der Waals surface area contributed by atoms with E-state index in [1.54, 1.807) is 12.1 Å². The number of carbonyl (C=O) groups excluding carboxylic acids is 1. The second-order valence-electron chi connectivity index (χ2n) is 6.47. The zero-order chi connectivity index (χ0) is 21.2. The van der Waals surface area contributed by atoms with Gasteiger partial charge in [0.2, 0.25) is 0 Å². The van der Waals surface area contributed by atoms with Gasteiger partial charge in [0.15, 0.2) is 6.29 Å². The van der Waals surface area contributed by atoms with Gasteiger partial charge in [-0.15, -0.1) is 0 Å². The first-order valence-electron chi connectivity index (χ1n) is 9.44. The van der Waals surface area contributed by atoms with Crippen LogP contribution in [-0.4, -0.2) is 29.9 Å². The largest absolute Gasteiger partial charge is 0.478 e. The van der Waals surface area contributed by atoms with Crippen LogP contribution in [0.3, 0.4) is 0 Å². The minimum Gasteiger partial charge on any atom is -0.478 e. The van der Waals surface area contributed by atoms with Crippen LogP contribution >= 0.6 is 0 Å². The molecule has 6 nitrogen and oxygen atoms in total. The van der Waals surface area contributed by atoms with Gasteiger partial charge in [-0.1, -0.05) is 72.8 Å². The lowest BCUT2D eigenvalue weighted by molar-refractivity contribution is -0.176. The number of hydrogen-bond donors (Lipinski definition) is 1. The van der Waals surface area contributed by atoms with Crippen molar-refractivity contribution in [3.63, 3.8) is 0 Å². The minimum absolute atomic E-state index is 0.0186. The van der Waals surface area contributed by atoms with E-state index in [2.05, 4.69) is 0 Å². The Morgan fingerprint density at radius 2 is 1.17 bits per heavy atom. The van der Waals surface area contributed by atoms with Gasteiger partial charge in [0.05, 0.1) is 24.3 Å². The number of benzene rings is 3. The van der Waals surface area contributed by atoms with Crippen LogP contribution in [0, 0.1) is 0 Å². The molecule has 3 rings (SSSR count). The van der Waals surface area contributed by atoms with Gasteiger partial charge < -0.3 is 19.3 Å². The third kappa shape index (κ3) is 6.27. The highest BCUT2D eigenvalue weighted by Gasteiger charge is 2.19. The molecule has 3 aromatic rings. The van der Waals surface area contributed by atoms with E-state index >= 15 is 0 Å². The van der Waals surface area contributed by atoms with Crippen LogP contribution in [0.1, 0.15) is 31.8 Å². The zero-order valence-corrected chi connectivity index (χ0v) is 16.3. The smallest absolute Gasteiger partial charge is 0.339 e. The lowest BCUT2D eigenvalue weighted by atomic mass is 10.1. The standard InChI is InChI=1S/C24H22O6/c25-23(26)20-13-7-8-14-21(20)24(27)30-17-22(28-15-18-9-3-1-4-10-18)29-16-19-11-5-2-6-12-19/h1-14,22H,15-17H2,(H,25,26). The van der Waals surface area contributed by atoms with Crippen LogP contribution < -0.4 is 0 Å². The first-order valence-corrected chi connectivity index (χ1v) is 9.44. The molecule has 6 heteroatoms. The number of aromatic carboxylic acids is 1. The van der Waals surface area contributed by atoms with Crippen molar-refractivity contribution in [2.45, 2.75) is 19.5 Å². The number of esters is 1. The van der Waals surface area contributed by atoms with E-state index < -0.39 is 18.2 Å². The Labute approximate surface area is 174 Å². The Morgan fingerprint density at radius 1 is 0.700 bits per heavy atom. The van der Waals surface area contributed by atoms with Crippen molar-refractivity contribution in [2.75, 3.05) is 6.61 Å². The van der Waals surface area contributed by atoms with Crippen LogP contribution in [0.2, 0.25) is 0 Å². The van der Waals surface area contributed by atoms with E-state index in [0.717, 1.165) is 11.1 Å². The number of carbonyl (C=O) groups is 2. The zero-order valence-electron chi connectivity index (χ0n) is 16.3. The molecule has 30 heavy (non-hydrogen) atoms. The van der Waals surface area contributed by atoms with Crippen molar-refractivity contribution in [2.24, 2.45) is 0 Å². The van der Waals surface area contributed by atoms with Crippen LogP contribution in [0.25, 0.3) is 0 Å². The fourth-order valence-electron chi connectivity index (χ4n) is 2.74. The normalized spacial score (nSPS) is 10.7. The summed E-state index contributed by atoms with van der Waals surface area (Å²) in [6.45, 7) is 0.388. The summed E-state index contributed by atoms with van der Waals surface area (Å²) in [6, 6.07) is 25.0. The van der Waals surface area contributed by atoms with E-state index in [-0.39, 0.29) is 30.9 Å². The quantitative estimate of drug-likeness (QED) is 0.399. The molecule has 0 aromatic heterocycles. The number of hydrogen-bond acceptors (Lipinski definition) is 5. The van der Waals surface area contributed by atoms with Crippen LogP contribution in [-0.2, 0) is 27.4 Å². The topological polar surface area (TPSA) is 82.1 Å². The molecule has 0 spiro atoms. The fourth-order valence-corrected chi connectivity index (χ4v) is 2.74. The maximum atomic E-state index is 12.4. The molecule has 154 valence electrons. The molecular weight excluding hydrogens is 384 g/mol. The van der Waals surface area contributed by atoms with Crippen molar-refractivity contribution in [1.82, 2.24) is 0 Å². The van der Waals surface area contributed by atoms with Crippen molar-refractivity contribution in [1.29, 1.82) is 0 Å². The minimum atomic E-state index is -1.19. The summed E-state index contributed by atoms with van der Waals surface area (Å²) in [5, 5.41) is 9.26. The molecule has 0 bridgehead atoms. The third-order valence-corrected chi connectivity index (χ3v) is 4.29. The Balaban J connectivity index is 1.63. The average molecular weight is 406 g/mol. The number of carboxylic acids is 1. The molecule has 0 fully saturated rings. The molecule has 1 N–H and O–H groups in total. The van der Waals surface area contributed by atoms with Crippen LogP contribution in [0.15, 0.2) is 84.9 Å². The Kier molecular flexibility index (Phi) is 7.71. The van der Waals surface area contributed by atoms with Crippen molar-refractivity contribution in [3.8, 4) is 0 Å². The van der Waals surface area contributed by atoms with Crippen LogP contribution in [0.4, 0.5) is 0 Å². The summed E-state index contributed by atoms with van der Waals surface area (Å²) in [7, 11) is 0. The summed E-state index contributed by atoms with van der Waals surface area (Å²) in [4.78, 5) is 23.8. The molecule has 0 aliphatic heterocycles. The fraction of sp³-hybridized carbons (Fsp3) is 0.167. The molecule has 0 amide bonds. The number of carboxylic acid groups (broad SMARTS) is 1. The predicted molar refractivity (Wildman–Crippen MR) is 110 cm³/mol. The summed E-state index contributed by atoms with van der Waals surface area (Å²) in [5.41, 5.74) is 1.77. The van der Waals surface area contributed by atoms with E-state index in [4.69, 9.17) is 14.2 Å². The van der Waals surface area contributed by atoms with Crippen LogP contribution in [0.5, 0.6) is 0 Å². The van der Waals surface area contributed by atoms with Gasteiger partial charge in [0.25, 0.3) is 0 Å². The maximum Gasteiger partial charge on any atom is 0.339 e. The first-order chi connectivity index (χ1) is 14.6. The molecule has 0 aliphatic carbocycles. The lowest BCUT2D eigenvalue weighted by Gasteiger charge is -2.19. The van der Waals surface area contributed by atoms with E-state index in [9.17, 15) is 14.7 Å². The maximum absolute atomic E-state index is 12.4. The lowest BCUT2D eigenvalue weighted by Crippen LogP contribution is -2.26. The van der Waals surface area contributed by atoms with E-state index in [1.165, 1.54) is 12.1 Å². The van der Waals surface area contributed by atoms with E-state index in [1.807, 2.05) is 60.7 Å². The summed E-state index contributed by atoms with van der Waals surface area (Å²) in [5.74, 6) is -1.94. The first kappa shape index (κ1) is 21.2. The highest BCUT2D eigenvalue weighted by molar-refractivity contribution is 6.02. The molecule has 0 aliphatic rings. The molecule has 3 aromatic carbocycles. The Bertz CT molecular complexity index is 912. The second kappa shape index (κ2) is 10.9. The summed E-state index contributed by atoms with van der Waals surface area (Å²) in [6.07, 6.45) is -0.814. The molecule has 0 saturated heterocycles. The van der Waals surface area contributed by atoms with Crippen molar-refractivity contribution < 1.29 is 28.9 Å². The third-order valence-electron chi connectivity index (χ3n) is 4.29. The molecule has 0 atom stereocenters. The van der Waals surface area contributed by atoms with Gasteiger partial charge in [-0.05, 0) is 23.3 Å². The Morgan fingerprint density at radius 3 is 1.67 bits per heavy atom. The van der Waals surface area contributed by atoms with Gasteiger partial charge in [0.1, 0.15) is 6.61 Å². The average Bonchev–Trinajstić information content (AvgIpc) is 2.79. The second-order valence-corrected chi connectivity index (χ2v) is 6.47. The molecule has 0 saturated carbocycles. The van der Waals surface area contributed by atoms with Gasteiger partial charge in [0, 0.05) is 0 Å². The SMILES string of the molecule is O=C(O)c1ccccc1C(=O)OCC(OCc1ccccc1)OCc1ccccc1. The summed E-state index contributed by atoms with van der Waals surface area (Å²) < 4.78 is 16.9. The molecule has 0 radical (unpaired) electrons. The number of rotatable bonds is 10. The predicted octanol–water partition coefficient (Wildman–Crippen LogP) is 4.30. The summed E-state index contributed by atoms with van der Waals surface area (Å²) >= 11 is 0. The van der Waals surface area contributed by atoms with Gasteiger partial charge in [-0.25, -0.2) is 9.59 Å². The van der Waals surface area contributed by atoms with Gasteiger partial charge >= 0.3 is 11.9 Å².